The topological polar surface area (TPSA) is 101 Å². The number of fused-ring (bicyclic) bond motifs is 1. The van der Waals surface area contributed by atoms with Crippen LogP contribution in [0.5, 0.6) is 0 Å². The van der Waals surface area contributed by atoms with Crippen molar-refractivity contribution in [2.24, 2.45) is 11.7 Å². The number of nitrogens with zero attached hydrogens (tertiary/aromatic N) is 4. The van der Waals surface area contributed by atoms with E-state index in [2.05, 4.69) is 0 Å². The highest BCUT2D eigenvalue weighted by Crippen LogP contribution is 2.33. The predicted octanol–water partition coefficient (Wildman–Crippen LogP) is 1.54. The summed E-state index contributed by atoms with van der Waals surface area (Å²) in [7, 11) is 1.61. The van der Waals surface area contributed by atoms with Crippen molar-refractivity contribution in [3.05, 3.63) is 44.7 Å². The zero-order chi connectivity index (χ0) is 21.6. The molecule has 0 radical (unpaired) electrons. The maximum absolute atomic E-state index is 13.4. The molecule has 2 fully saturated rings. The quantitative estimate of drug-likeness (QED) is 0.567. The van der Waals surface area contributed by atoms with Crippen LogP contribution in [0.25, 0.3) is 11.7 Å². The molecule has 2 amide bonds. The summed E-state index contributed by atoms with van der Waals surface area (Å²) in [5, 5.41) is 0. The summed E-state index contributed by atoms with van der Waals surface area (Å²) in [6, 6.07) is 3.69. The number of aromatic nitrogens is 2. The van der Waals surface area contributed by atoms with Gasteiger partial charge in [-0.2, -0.15) is 0 Å². The first-order chi connectivity index (χ1) is 14.3. The maximum atomic E-state index is 13.4. The zero-order valence-corrected chi connectivity index (χ0v) is 18.3. The molecule has 0 bridgehead atoms. The molecule has 4 rings (SSSR count). The molecule has 2 aromatic rings. The Morgan fingerprint density at radius 3 is 2.60 bits per heavy atom. The van der Waals surface area contributed by atoms with E-state index in [0.717, 1.165) is 5.56 Å². The van der Waals surface area contributed by atoms with Crippen LogP contribution in [-0.4, -0.2) is 50.6 Å². The highest BCUT2D eigenvalue weighted by molar-refractivity contribution is 8.26. The normalized spacial score (nSPS) is 19.3. The van der Waals surface area contributed by atoms with Gasteiger partial charge in [0.2, 0.25) is 5.91 Å². The molecule has 2 aliphatic heterocycles. The third kappa shape index (κ3) is 3.61. The van der Waals surface area contributed by atoms with E-state index in [1.54, 1.807) is 25.4 Å². The molecule has 8 nitrogen and oxygen atoms in total. The van der Waals surface area contributed by atoms with E-state index in [1.165, 1.54) is 21.1 Å². The summed E-state index contributed by atoms with van der Waals surface area (Å²) >= 11 is 6.38. The molecule has 0 atom stereocenters. The van der Waals surface area contributed by atoms with E-state index < -0.39 is 0 Å². The van der Waals surface area contributed by atoms with Gasteiger partial charge in [-0.05, 0) is 37.5 Å². The zero-order valence-electron chi connectivity index (χ0n) is 16.6. The van der Waals surface area contributed by atoms with Crippen molar-refractivity contribution in [3.63, 3.8) is 0 Å². The summed E-state index contributed by atoms with van der Waals surface area (Å²) < 4.78 is 1.94. The minimum atomic E-state index is -0.302. The van der Waals surface area contributed by atoms with Gasteiger partial charge in [-0.15, -0.1) is 0 Å². The van der Waals surface area contributed by atoms with Gasteiger partial charge in [-0.3, -0.25) is 23.7 Å². The molecule has 2 aliphatic rings. The Morgan fingerprint density at radius 1 is 1.30 bits per heavy atom. The lowest BCUT2D eigenvalue weighted by molar-refractivity contribution is -0.122. The van der Waals surface area contributed by atoms with Crippen LogP contribution in [0.3, 0.4) is 0 Å². The van der Waals surface area contributed by atoms with E-state index in [4.69, 9.17) is 22.9 Å². The van der Waals surface area contributed by atoms with Gasteiger partial charge in [0.05, 0.1) is 10.5 Å². The van der Waals surface area contributed by atoms with Gasteiger partial charge in [-0.1, -0.05) is 30.0 Å². The number of carbonyl (C=O) groups excluding carboxylic acids is 2. The molecule has 0 spiro atoms. The van der Waals surface area contributed by atoms with Gasteiger partial charge in [0.1, 0.15) is 15.8 Å². The molecule has 2 aromatic heterocycles. The number of carbonyl (C=O) groups is 2. The Morgan fingerprint density at radius 2 is 2.00 bits per heavy atom. The number of amides is 2. The van der Waals surface area contributed by atoms with Crippen molar-refractivity contribution in [3.8, 4) is 0 Å². The Hall–Kier alpha value is -2.72. The van der Waals surface area contributed by atoms with Crippen LogP contribution >= 0.6 is 24.0 Å². The number of hydrogen-bond acceptors (Lipinski definition) is 7. The number of primary amides is 1. The molecule has 156 valence electrons. The summed E-state index contributed by atoms with van der Waals surface area (Å²) in [5.41, 5.74) is 6.99. The smallest absolute Gasteiger partial charge is 0.267 e. The van der Waals surface area contributed by atoms with E-state index in [9.17, 15) is 14.4 Å². The average molecular weight is 444 g/mol. The number of likely N-dealkylation sites (N-methyl/N-ethyl adjacent to an activating group) is 1. The average Bonchev–Trinajstić information content (AvgIpc) is 2.97. The number of pyridine rings is 1. The lowest BCUT2D eigenvalue weighted by Gasteiger charge is -2.32. The maximum Gasteiger partial charge on any atom is 0.267 e. The monoisotopic (exact) mass is 443 g/mol. The molecule has 30 heavy (non-hydrogen) atoms. The summed E-state index contributed by atoms with van der Waals surface area (Å²) in [5.74, 6) is -0.209. The van der Waals surface area contributed by atoms with Crippen LogP contribution in [0, 0.1) is 12.8 Å². The second-order valence-electron chi connectivity index (χ2n) is 7.49. The molecular weight excluding hydrogens is 422 g/mol. The Kier molecular flexibility index (Phi) is 5.37. The first-order valence-corrected chi connectivity index (χ1v) is 10.8. The Balaban J connectivity index is 1.85. The number of rotatable bonds is 3. The summed E-state index contributed by atoms with van der Waals surface area (Å²) in [6.45, 7) is 3.01. The van der Waals surface area contributed by atoms with Gasteiger partial charge in [0.15, 0.2) is 0 Å². The van der Waals surface area contributed by atoms with E-state index >= 15 is 0 Å². The summed E-state index contributed by atoms with van der Waals surface area (Å²) in [4.78, 5) is 45.9. The summed E-state index contributed by atoms with van der Waals surface area (Å²) in [6.07, 6.45) is 4.51. The lowest BCUT2D eigenvalue weighted by Crippen LogP contribution is -2.40. The Bertz CT molecular complexity index is 1160. The molecule has 2 N–H and O–H groups in total. The minimum absolute atomic E-state index is 0.176. The predicted molar refractivity (Wildman–Crippen MR) is 121 cm³/mol. The largest absolute Gasteiger partial charge is 0.369 e. The van der Waals surface area contributed by atoms with Crippen LogP contribution in [0.15, 0.2) is 28.0 Å². The molecule has 0 aromatic carbocycles. The number of aryl methyl sites for hydroxylation is 1. The number of piperidine rings is 1. The highest BCUT2D eigenvalue weighted by atomic mass is 32.2. The first kappa shape index (κ1) is 20.5. The standard InChI is InChI=1S/C20H21N5O3S2/c1-11-3-4-15-22-17(24-7-5-12(6-8-24)16(21)26)13(18(27)25(15)10-11)9-14-19(28)23(2)20(29)30-14/h3-4,9-10,12H,5-8H2,1-2H3,(H2,21,26). The van der Waals surface area contributed by atoms with E-state index in [-0.39, 0.29) is 23.3 Å². The number of thioether (sulfide) groups is 1. The fraction of sp³-hybridized carbons (Fsp3) is 0.350. The molecular formula is C20H21N5O3S2. The fourth-order valence-corrected chi connectivity index (χ4v) is 4.83. The fourth-order valence-electron chi connectivity index (χ4n) is 3.67. The molecule has 10 heteroatoms. The van der Waals surface area contributed by atoms with E-state index in [0.29, 0.717) is 52.2 Å². The number of nitrogens with two attached hydrogens (primary N) is 1. The van der Waals surface area contributed by atoms with Crippen LogP contribution < -0.4 is 16.2 Å². The second-order valence-corrected chi connectivity index (χ2v) is 9.17. The molecule has 0 aliphatic carbocycles. The highest BCUT2D eigenvalue weighted by Gasteiger charge is 2.31. The van der Waals surface area contributed by atoms with E-state index in [1.807, 2.05) is 17.9 Å². The van der Waals surface area contributed by atoms with Crippen LogP contribution in [-0.2, 0) is 9.59 Å². The van der Waals surface area contributed by atoms with Gasteiger partial charge in [0, 0.05) is 32.3 Å². The second kappa shape index (κ2) is 7.84. The molecule has 0 unspecified atom stereocenters. The molecule has 0 saturated carbocycles. The number of hydrogen-bond donors (Lipinski definition) is 1. The van der Waals surface area contributed by atoms with Crippen molar-refractivity contribution < 1.29 is 9.59 Å². The lowest BCUT2D eigenvalue weighted by atomic mass is 9.96. The van der Waals surface area contributed by atoms with Crippen molar-refractivity contribution in [2.75, 3.05) is 25.0 Å². The Labute approximate surface area is 182 Å². The SMILES string of the molecule is Cc1ccc2nc(N3CCC(C(N)=O)CC3)c(C=C3SC(=S)N(C)C3=O)c(=O)n2c1. The van der Waals surface area contributed by atoms with Crippen LogP contribution in [0.4, 0.5) is 5.82 Å². The van der Waals surface area contributed by atoms with Gasteiger partial charge < -0.3 is 10.6 Å². The number of anilines is 1. The van der Waals surface area contributed by atoms with Crippen molar-refractivity contribution >= 4 is 57.7 Å². The van der Waals surface area contributed by atoms with Crippen molar-refractivity contribution in [1.82, 2.24) is 14.3 Å². The number of thiocarbonyl (C=S) groups is 1. The minimum Gasteiger partial charge on any atom is -0.369 e. The van der Waals surface area contributed by atoms with Crippen molar-refractivity contribution in [2.45, 2.75) is 19.8 Å². The van der Waals surface area contributed by atoms with Crippen LogP contribution in [0.2, 0.25) is 0 Å². The third-order valence-corrected chi connectivity index (χ3v) is 6.93. The first-order valence-electron chi connectivity index (χ1n) is 9.55. The molecule has 4 heterocycles. The van der Waals surface area contributed by atoms with Crippen LogP contribution in [0.1, 0.15) is 24.0 Å². The molecule has 2 saturated heterocycles. The van der Waals surface area contributed by atoms with Gasteiger partial charge in [-0.25, -0.2) is 4.98 Å². The third-order valence-electron chi connectivity index (χ3n) is 5.44. The van der Waals surface area contributed by atoms with Gasteiger partial charge >= 0.3 is 0 Å². The van der Waals surface area contributed by atoms with Crippen molar-refractivity contribution in [1.29, 1.82) is 0 Å². The van der Waals surface area contributed by atoms with Gasteiger partial charge in [0.25, 0.3) is 11.5 Å².